The van der Waals surface area contributed by atoms with Gasteiger partial charge in [-0.1, -0.05) is 26.8 Å². The fourth-order valence-electron chi connectivity index (χ4n) is 1.53. The van der Waals surface area contributed by atoms with Crippen LogP contribution in [0.5, 0.6) is 0 Å². The van der Waals surface area contributed by atoms with E-state index in [9.17, 15) is 9.90 Å². The van der Waals surface area contributed by atoms with Crippen molar-refractivity contribution in [3.05, 3.63) is 29.8 Å². The van der Waals surface area contributed by atoms with Crippen molar-refractivity contribution in [1.29, 1.82) is 5.26 Å². The van der Waals surface area contributed by atoms with Crippen LogP contribution >= 0.6 is 0 Å². The molecule has 102 valence electrons. The van der Waals surface area contributed by atoms with Gasteiger partial charge >= 0.3 is 6.03 Å². The van der Waals surface area contributed by atoms with Gasteiger partial charge in [-0.3, -0.25) is 0 Å². The van der Waals surface area contributed by atoms with Crippen molar-refractivity contribution in [3.8, 4) is 6.07 Å². The Kier molecular flexibility index (Phi) is 4.90. The van der Waals surface area contributed by atoms with Crippen molar-refractivity contribution in [1.82, 2.24) is 5.32 Å². The van der Waals surface area contributed by atoms with Crippen LogP contribution in [-0.2, 0) is 0 Å². The number of carbonyl (C=O) groups excluding carboxylic acids is 1. The van der Waals surface area contributed by atoms with Crippen LogP contribution < -0.4 is 10.6 Å². The van der Waals surface area contributed by atoms with Crippen LogP contribution in [0.25, 0.3) is 0 Å². The molecule has 1 atom stereocenters. The Hall–Kier alpha value is -2.06. The van der Waals surface area contributed by atoms with E-state index in [0.717, 1.165) is 0 Å². The molecule has 0 aromatic heterocycles. The lowest BCUT2D eigenvalue weighted by atomic mass is 9.87. The number of benzene rings is 1. The van der Waals surface area contributed by atoms with Gasteiger partial charge in [-0.05, 0) is 23.6 Å². The number of amides is 2. The van der Waals surface area contributed by atoms with Gasteiger partial charge in [-0.25, -0.2) is 4.79 Å². The van der Waals surface area contributed by atoms with Gasteiger partial charge in [-0.2, -0.15) is 5.26 Å². The minimum Gasteiger partial charge on any atom is -0.394 e. The number of hydrogen-bond donors (Lipinski definition) is 3. The molecule has 1 aromatic rings. The molecule has 0 unspecified atom stereocenters. The van der Waals surface area contributed by atoms with Crippen LogP contribution in [-0.4, -0.2) is 23.8 Å². The molecule has 3 N–H and O–H groups in total. The molecular weight excluding hydrogens is 242 g/mol. The van der Waals surface area contributed by atoms with Gasteiger partial charge in [0.25, 0.3) is 0 Å². The van der Waals surface area contributed by atoms with E-state index in [-0.39, 0.29) is 18.1 Å². The summed E-state index contributed by atoms with van der Waals surface area (Å²) in [6.07, 6.45) is 0. The second-order valence-corrected chi connectivity index (χ2v) is 5.39. The SMILES string of the molecule is CC(C)(C)[C@@H](CO)NC(=O)Nc1cccc(C#N)c1. The van der Waals surface area contributed by atoms with Gasteiger partial charge in [-0.15, -0.1) is 0 Å². The second kappa shape index (κ2) is 6.21. The van der Waals surface area contributed by atoms with Gasteiger partial charge in [0.1, 0.15) is 0 Å². The minimum absolute atomic E-state index is 0.130. The number of aliphatic hydroxyl groups is 1. The fraction of sp³-hybridized carbons (Fsp3) is 0.429. The van der Waals surface area contributed by atoms with Gasteiger partial charge in [0, 0.05) is 5.69 Å². The molecule has 0 aliphatic heterocycles. The normalized spacial score (nSPS) is 12.4. The lowest BCUT2D eigenvalue weighted by molar-refractivity contribution is 0.162. The van der Waals surface area contributed by atoms with E-state index in [1.165, 1.54) is 0 Å². The molecule has 0 aliphatic rings. The number of nitrogens with one attached hydrogen (secondary N) is 2. The van der Waals surface area contributed by atoms with Crippen LogP contribution in [0.2, 0.25) is 0 Å². The zero-order valence-electron chi connectivity index (χ0n) is 11.4. The fourth-order valence-corrected chi connectivity index (χ4v) is 1.53. The summed E-state index contributed by atoms with van der Waals surface area (Å²) in [4.78, 5) is 11.8. The number of aliphatic hydroxyl groups excluding tert-OH is 1. The van der Waals surface area contributed by atoms with E-state index in [0.29, 0.717) is 11.3 Å². The minimum atomic E-state index is -0.399. The van der Waals surface area contributed by atoms with E-state index in [1.807, 2.05) is 26.8 Å². The third kappa shape index (κ3) is 4.60. The Morgan fingerprint density at radius 1 is 1.47 bits per heavy atom. The maximum absolute atomic E-state index is 11.8. The molecule has 0 aliphatic carbocycles. The molecule has 0 saturated carbocycles. The molecule has 0 radical (unpaired) electrons. The summed E-state index contributed by atoms with van der Waals surface area (Å²) < 4.78 is 0. The Morgan fingerprint density at radius 2 is 2.16 bits per heavy atom. The molecule has 0 bridgehead atoms. The summed E-state index contributed by atoms with van der Waals surface area (Å²) in [6.45, 7) is 5.68. The summed E-state index contributed by atoms with van der Waals surface area (Å²) in [5, 5.41) is 23.4. The van der Waals surface area contributed by atoms with Gasteiger partial charge in [0.15, 0.2) is 0 Å². The largest absolute Gasteiger partial charge is 0.394 e. The highest BCUT2D eigenvalue weighted by atomic mass is 16.3. The van der Waals surface area contributed by atoms with Gasteiger partial charge in [0.05, 0.1) is 24.3 Å². The van der Waals surface area contributed by atoms with Crippen molar-refractivity contribution in [2.45, 2.75) is 26.8 Å². The van der Waals surface area contributed by atoms with Crippen LogP contribution in [0.15, 0.2) is 24.3 Å². The van der Waals surface area contributed by atoms with E-state index in [2.05, 4.69) is 10.6 Å². The summed E-state index contributed by atoms with van der Waals surface area (Å²) in [6, 6.07) is 7.91. The molecule has 0 spiro atoms. The smallest absolute Gasteiger partial charge is 0.319 e. The number of nitriles is 1. The standard InChI is InChI=1S/C14H19N3O2/c1-14(2,3)12(9-18)17-13(19)16-11-6-4-5-10(7-11)8-15/h4-7,12,18H,9H2,1-3H3,(H2,16,17,19)/t12-/m1/s1. The quantitative estimate of drug-likeness (QED) is 0.778. The van der Waals surface area contributed by atoms with Gasteiger partial charge in [0.2, 0.25) is 0 Å². The third-order valence-corrected chi connectivity index (χ3v) is 2.78. The van der Waals surface area contributed by atoms with E-state index >= 15 is 0 Å². The molecule has 0 heterocycles. The number of nitrogens with zero attached hydrogens (tertiary/aromatic N) is 1. The third-order valence-electron chi connectivity index (χ3n) is 2.78. The number of rotatable bonds is 3. The highest BCUT2D eigenvalue weighted by molar-refractivity contribution is 5.89. The summed E-state index contributed by atoms with van der Waals surface area (Å²) in [5.41, 5.74) is 0.787. The molecule has 5 heteroatoms. The van der Waals surface area contributed by atoms with Crippen LogP contribution in [0.1, 0.15) is 26.3 Å². The first-order valence-electron chi connectivity index (χ1n) is 6.05. The van der Waals surface area contributed by atoms with E-state index in [4.69, 9.17) is 5.26 Å². The lowest BCUT2D eigenvalue weighted by Crippen LogP contribution is -2.47. The average Bonchev–Trinajstić information content (AvgIpc) is 2.34. The van der Waals surface area contributed by atoms with Crippen molar-refractivity contribution >= 4 is 11.7 Å². The van der Waals surface area contributed by atoms with E-state index in [1.54, 1.807) is 24.3 Å². The number of anilines is 1. The maximum Gasteiger partial charge on any atom is 0.319 e. The number of hydrogen-bond acceptors (Lipinski definition) is 3. The summed E-state index contributed by atoms with van der Waals surface area (Å²) in [7, 11) is 0. The second-order valence-electron chi connectivity index (χ2n) is 5.39. The molecular formula is C14H19N3O2. The average molecular weight is 261 g/mol. The monoisotopic (exact) mass is 261 g/mol. The Labute approximate surface area is 113 Å². The summed E-state index contributed by atoms with van der Waals surface area (Å²) in [5.74, 6) is 0. The Balaban J connectivity index is 2.67. The molecule has 0 saturated heterocycles. The Bertz CT molecular complexity index is 486. The first-order valence-corrected chi connectivity index (χ1v) is 6.05. The molecule has 19 heavy (non-hydrogen) atoms. The zero-order valence-corrected chi connectivity index (χ0v) is 11.4. The first-order chi connectivity index (χ1) is 8.86. The summed E-state index contributed by atoms with van der Waals surface area (Å²) >= 11 is 0. The van der Waals surface area contributed by atoms with Crippen molar-refractivity contribution in [3.63, 3.8) is 0 Å². The predicted molar refractivity (Wildman–Crippen MR) is 73.6 cm³/mol. The molecule has 0 fully saturated rings. The van der Waals surface area contributed by atoms with Gasteiger partial charge < -0.3 is 15.7 Å². The first kappa shape index (κ1) is 15.0. The Morgan fingerprint density at radius 3 is 2.68 bits per heavy atom. The number of urea groups is 1. The van der Waals surface area contributed by atoms with E-state index < -0.39 is 6.03 Å². The lowest BCUT2D eigenvalue weighted by Gasteiger charge is -2.29. The van der Waals surface area contributed by atoms with Crippen LogP contribution in [0.3, 0.4) is 0 Å². The zero-order chi connectivity index (χ0) is 14.5. The highest BCUT2D eigenvalue weighted by Crippen LogP contribution is 2.19. The molecule has 1 rings (SSSR count). The van der Waals surface area contributed by atoms with Crippen molar-refractivity contribution < 1.29 is 9.90 Å². The van der Waals surface area contributed by atoms with Crippen LogP contribution in [0.4, 0.5) is 10.5 Å². The predicted octanol–water partition coefficient (Wildman–Crippen LogP) is 2.09. The molecule has 2 amide bonds. The molecule has 5 nitrogen and oxygen atoms in total. The number of carbonyl (C=O) groups is 1. The van der Waals surface area contributed by atoms with Crippen molar-refractivity contribution in [2.24, 2.45) is 5.41 Å². The molecule has 1 aromatic carbocycles. The topological polar surface area (TPSA) is 85.2 Å². The maximum atomic E-state index is 11.8. The van der Waals surface area contributed by atoms with Crippen molar-refractivity contribution in [2.75, 3.05) is 11.9 Å². The van der Waals surface area contributed by atoms with Crippen LogP contribution in [0, 0.1) is 16.7 Å². The highest BCUT2D eigenvalue weighted by Gasteiger charge is 2.25.